The summed E-state index contributed by atoms with van der Waals surface area (Å²) >= 11 is 0. The Balaban J connectivity index is 1.98. The van der Waals surface area contributed by atoms with Crippen LogP contribution in [-0.2, 0) is 9.47 Å². The third kappa shape index (κ3) is 2.84. The van der Waals surface area contributed by atoms with Gasteiger partial charge < -0.3 is 14.4 Å². The molecule has 114 valence electrons. The van der Waals surface area contributed by atoms with Crippen molar-refractivity contribution in [2.45, 2.75) is 32.5 Å². The number of aromatic nitrogens is 4. The van der Waals surface area contributed by atoms with E-state index >= 15 is 0 Å². The van der Waals surface area contributed by atoms with Gasteiger partial charge in [0.25, 0.3) is 5.78 Å². The normalized spacial score (nSPS) is 21.9. The van der Waals surface area contributed by atoms with Crippen molar-refractivity contribution < 1.29 is 9.47 Å². The largest absolute Gasteiger partial charge is 0.382 e. The molecule has 2 aromatic rings. The third-order valence-corrected chi connectivity index (χ3v) is 3.52. The van der Waals surface area contributed by atoms with Gasteiger partial charge in [-0.05, 0) is 20.8 Å². The van der Waals surface area contributed by atoms with Crippen LogP contribution in [0.4, 0.5) is 5.82 Å². The molecule has 0 N–H and O–H groups in total. The number of anilines is 1. The zero-order chi connectivity index (χ0) is 15.0. The van der Waals surface area contributed by atoms with E-state index in [1.165, 1.54) is 6.33 Å². The number of nitrogens with zero attached hydrogens (tertiary/aromatic N) is 5. The van der Waals surface area contributed by atoms with Crippen LogP contribution in [0.5, 0.6) is 0 Å². The van der Waals surface area contributed by atoms with E-state index in [1.807, 2.05) is 13.0 Å². The molecule has 1 aliphatic heterocycles. The summed E-state index contributed by atoms with van der Waals surface area (Å²) in [7, 11) is 1.70. The van der Waals surface area contributed by atoms with Gasteiger partial charge in [-0.1, -0.05) is 0 Å². The van der Waals surface area contributed by atoms with Crippen molar-refractivity contribution in [2.24, 2.45) is 0 Å². The minimum Gasteiger partial charge on any atom is -0.382 e. The number of morpholine rings is 1. The van der Waals surface area contributed by atoms with Crippen LogP contribution < -0.4 is 4.90 Å². The van der Waals surface area contributed by atoms with Crippen LogP contribution in [0.3, 0.4) is 0 Å². The van der Waals surface area contributed by atoms with E-state index in [2.05, 4.69) is 33.8 Å². The molecular formula is C14H21N5O2. The first kappa shape index (κ1) is 14.2. The molecule has 0 aliphatic carbocycles. The molecule has 0 aromatic carbocycles. The lowest BCUT2D eigenvalue weighted by molar-refractivity contribution is -0.106. The van der Waals surface area contributed by atoms with E-state index in [9.17, 15) is 0 Å². The lowest BCUT2D eigenvalue weighted by Gasteiger charge is -2.43. The minimum atomic E-state index is -0.245. The Morgan fingerprint density at radius 1 is 1.48 bits per heavy atom. The zero-order valence-corrected chi connectivity index (χ0v) is 12.9. The molecule has 21 heavy (non-hydrogen) atoms. The highest BCUT2D eigenvalue weighted by Gasteiger charge is 2.34. The number of fused-ring (bicyclic) bond motifs is 1. The van der Waals surface area contributed by atoms with Crippen LogP contribution in [0.15, 0.2) is 12.4 Å². The van der Waals surface area contributed by atoms with Gasteiger partial charge in [0.1, 0.15) is 12.1 Å². The number of rotatable bonds is 3. The fourth-order valence-electron chi connectivity index (χ4n) is 2.88. The Bertz CT molecular complexity index is 639. The Kier molecular flexibility index (Phi) is 3.54. The maximum Gasteiger partial charge on any atom is 0.254 e. The lowest BCUT2D eigenvalue weighted by Crippen LogP contribution is -2.54. The zero-order valence-electron chi connectivity index (χ0n) is 12.9. The second kappa shape index (κ2) is 5.23. The topological polar surface area (TPSA) is 64.8 Å². The Hall–Kier alpha value is -1.73. The molecule has 2 aromatic heterocycles. The summed E-state index contributed by atoms with van der Waals surface area (Å²) in [5.41, 5.74) is 0.684. The maximum atomic E-state index is 6.06. The van der Waals surface area contributed by atoms with Crippen molar-refractivity contribution in [1.82, 2.24) is 19.6 Å². The van der Waals surface area contributed by atoms with Crippen molar-refractivity contribution in [3.63, 3.8) is 0 Å². The fourth-order valence-corrected chi connectivity index (χ4v) is 2.88. The summed E-state index contributed by atoms with van der Waals surface area (Å²) < 4.78 is 13.1. The monoisotopic (exact) mass is 291 g/mol. The lowest BCUT2D eigenvalue weighted by atomic mass is 10.1. The average molecular weight is 291 g/mol. The second-order valence-corrected chi connectivity index (χ2v) is 6.06. The second-order valence-electron chi connectivity index (χ2n) is 6.06. The van der Waals surface area contributed by atoms with Crippen molar-refractivity contribution in [3.05, 3.63) is 18.1 Å². The molecule has 3 rings (SSSR count). The van der Waals surface area contributed by atoms with Gasteiger partial charge in [0.15, 0.2) is 0 Å². The van der Waals surface area contributed by atoms with Crippen molar-refractivity contribution in [3.8, 4) is 0 Å². The number of aryl methyl sites for hydroxylation is 1. The van der Waals surface area contributed by atoms with Gasteiger partial charge in [-0.3, -0.25) is 0 Å². The van der Waals surface area contributed by atoms with Crippen LogP contribution in [-0.4, -0.2) is 58.1 Å². The average Bonchev–Trinajstić information content (AvgIpc) is 2.84. The van der Waals surface area contributed by atoms with E-state index in [0.717, 1.165) is 24.6 Å². The van der Waals surface area contributed by atoms with E-state index in [0.29, 0.717) is 12.4 Å². The highest BCUT2D eigenvalue weighted by atomic mass is 16.5. The van der Waals surface area contributed by atoms with Gasteiger partial charge in [-0.2, -0.15) is 14.6 Å². The maximum absolute atomic E-state index is 6.06. The van der Waals surface area contributed by atoms with Crippen LogP contribution in [0, 0.1) is 6.92 Å². The molecule has 1 atom stereocenters. The van der Waals surface area contributed by atoms with Gasteiger partial charge in [-0.15, -0.1) is 0 Å². The SMILES string of the molecule is COCC1CN(c2cc(C)nc3ncnn23)CC(C)(C)O1. The van der Waals surface area contributed by atoms with Crippen LogP contribution >= 0.6 is 0 Å². The standard InChI is InChI=1S/C14H21N5O2/c1-10-5-12(19-13(17-10)15-9-16-19)18-6-11(7-20-4)21-14(2,3)8-18/h5,9,11H,6-8H2,1-4H3. The fraction of sp³-hybridized carbons (Fsp3) is 0.643. The summed E-state index contributed by atoms with van der Waals surface area (Å²) in [4.78, 5) is 10.8. The van der Waals surface area contributed by atoms with E-state index in [1.54, 1.807) is 11.6 Å². The smallest absolute Gasteiger partial charge is 0.254 e. The highest BCUT2D eigenvalue weighted by molar-refractivity contribution is 5.48. The van der Waals surface area contributed by atoms with Gasteiger partial charge in [0.2, 0.25) is 0 Å². The molecule has 1 aliphatic rings. The molecule has 1 unspecified atom stereocenters. The highest BCUT2D eigenvalue weighted by Crippen LogP contribution is 2.26. The first-order valence-electron chi connectivity index (χ1n) is 7.07. The summed E-state index contributed by atoms with van der Waals surface area (Å²) in [5, 5.41) is 4.28. The van der Waals surface area contributed by atoms with Crippen molar-refractivity contribution in [2.75, 3.05) is 31.7 Å². The molecule has 0 radical (unpaired) electrons. The van der Waals surface area contributed by atoms with Gasteiger partial charge in [-0.25, -0.2) is 4.98 Å². The van der Waals surface area contributed by atoms with Gasteiger partial charge >= 0.3 is 0 Å². The van der Waals surface area contributed by atoms with Crippen LogP contribution in [0.2, 0.25) is 0 Å². The van der Waals surface area contributed by atoms with Crippen molar-refractivity contribution >= 4 is 11.6 Å². The molecule has 0 bridgehead atoms. The van der Waals surface area contributed by atoms with Crippen molar-refractivity contribution in [1.29, 1.82) is 0 Å². The predicted octanol–water partition coefficient (Wildman–Crippen LogP) is 1.06. The Morgan fingerprint density at radius 2 is 2.29 bits per heavy atom. The molecule has 7 nitrogen and oxygen atoms in total. The third-order valence-electron chi connectivity index (χ3n) is 3.52. The Labute approximate surface area is 123 Å². The summed E-state index contributed by atoms with van der Waals surface area (Å²) in [6, 6.07) is 2.03. The first-order valence-corrected chi connectivity index (χ1v) is 7.07. The molecule has 1 saturated heterocycles. The molecule has 7 heteroatoms. The molecule has 3 heterocycles. The molecule has 0 amide bonds. The number of hydrogen-bond acceptors (Lipinski definition) is 6. The number of hydrogen-bond donors (Lipinski definition) is 0. The van der Waals surface area contributed by atoms with E-state index in [-0.39, 0.29) is 11.7 Å². The number of ether oxygens (including phenoxy) is 2. The first-order chi connectivity index (χ1) is 9.98. The predicted molar refractivity (Wildman–Crippen MR) is 78.6 cm³/mol. The van der Waals surface area contributed by atoms with Crippen LogP contribution in [0.1, 0.15) is 19.5 Å². The summed E-state index contributed by atoms with van der Waals surface area (Å²) in [6.07, 6.45) is 1.56. The number of methoxy groups -OCH3 is 1. The summed E-state index contributed by atoms with van der Waals surface area (Å²) in [6.45, 7) is 8.27. The molecule has 1 fully saturated rings. The molecular weight excluding hydrogens is 270 g/mol. The van der Waals surface area contributed by atoms with E-state index < -0.39 is 0 Å². The summed E-state index contributed by atoms with van der Waals surface area (Å²) in [5.74, 6) is 1.62. The molecule has 0 spiro atoms. The Morgan fingerprint density at radius 3 is 3.05 bits per heavy atom. The molecule has 0 saturated carbocycles. The van der Waals surface area contributed by atoms with Crippen LogP contribution in [0.25, 0.3) is 5.78 Å². The van der Waals surface area contributed by atoms with E-state index in [4.69, 9.17) is 9.47 Å². The van der Waals surface area contributed by atoms with Gasteiger partial charge in [0.05, 0.1) is 18.3 Å². The quantitative estimate of drug-likeness (QED) is 0.842. The minimum absolute atomic E-state index is 0.0331. The van der Waals surface area contributed by atoms with Gasteiger partial charge in [0, 0.05) is 32.0 Å².